The number of benzene rings is 1. The van der Waals surface area contributed by atoms with Crippen LogP contribution in [0.2, 0.25) is 0 Å². The first-order valence-corrected chi connectivity index (χ1v) is 6.27. The molecule has 0 spiro atoms. The molecule has 0 saturated heterocycles. The fourth-order valence-electron chi connectivity index (χ4n) is 2.05. The van der Waals surface area contributed by atoms with E-state index in [1.165, 1.54) is 0 Å². The van der Waals surface area contributed by atoms with E-state index in [0.29, 0.717) is 16.8 Å². The van der Waals surface area contributed by atoms with Gasteiger partial charge in [-0.3, -0.25) is 9.97 Å². The summed E-state index contributed by atoms with van der Waals surface area (Å²) in [5, 5.41) is 3.25. The average Bonchev–Trinajstić information content (AvgIpc) is 2.79. The third-order valence-corrected chi connectivity index (χ3v) is 3.04. The molecule has 3 aromatic rings. The number of oxazole rings is 1. The Morgan fingerprint density at radius 1 is 1.40 bits per heavy atom. The number of aromatic nitrogens is 2. The second kappa shape index (κ2) is 5.08. The summed E-state index contributed by atoms with van der Waals surface area (Å²) in [5.74, 6) is -0.480. The van der Waals surface area contributed by atoms with Gasteiger partial charge in [-0.1, -0.05) is 6.07 Å². The Kier molecular flexibility index (Phi) is 3.12. The zero-order valence-corrected chi connectivity index (χ0v) is 10.7. The van der Waals surface area contributed by atoms with Crippen LogP contribution in [0.15, 0.2) is 45.9 Å². The summed E-state index contributed by atoms with van der Waals surface area (Å²) in [6, 6.07) is 7.35. The van der Waals surface area contributed by atoms with Gasteiger partial charge in [0.05, 0.1) is 16.9 Å². The summed E-state index contributed by atoms with van der Waals surface area (Å²) in [6.45, 7) is 0.726. The zero-order chi connectivity index (χ0) is 13.9. The van der Waals surface area contributed by atoms with Crippen molar-refractivity contribution < 1.29 is 4.42 Å². The van der Waals surface area contributed by atoms with Crippen LogP contribution in [-0.2, 0) is 6.42 Å². The van der Waals surface area contributed by atoms with Crippen LogP contribution in [0.3, 0.4) is 0 Å². The molecule has 2 heterocycles. The number of rotatable bonds is 4. The first kappa shape index (κ1) is 12.3. The van der Waals surface area contributed by atoms with Crippen molar-refractivity contribution in [3.05, 3.63) is 52.8 Å². The summed E-state index contributed by atoms with van der Waals surface area (Å²) >= 11 is 0. The van der Waals surface area contributed by atoms with Crippen molar-refractivity contribution in [2.24, 2.45) is 0 Å². The van der Waals surface area contributed by atoms with Crippen molar-refractivity contribution in [1.29, 1.82) is 0 Å². The van der Waals surface area contributed by atoms with Gasteiger partial charge in [0.1, 0.15) is 0 Å². The highest BCUT2D eigenvalue weighted by molar-refractivity contribution is 5.85. The number of aromatic amines is 1. The Balaban J connectivity index is 1.74. The minimum atomic E-state index is -0.480. The van der Waals surface area contributed by atoms with Gasteiger partial charge in [-0.15, -0.1) is 0 Å². The van der Waals surface area contributed by atoms with Gasteiger partial charge >= 0.3 is 5.76 Å². The van der Waals surface area contributed by atoms with Gasteiger partial charge in [0.15, 0.2) is 5.58 Å². The zero-order valence-electron chi connectivity index (χ0n) is 10.7. The molecular weight excluding hydrogens is 256 g/mol. The molecular formula is C14H14N4O2. The van der Waals surface area contributed by atoms with E-state index in [0.717, 1.165) is 24.2 Å². The van der Waals surface area contributed by atoms with Crippen molar-refractivity contribution in [3.63, 3.8) is 0 Å². The molecule has 20 heavy (non-hydrogen) atoms. The highest BCUT2D eigenvalue weighted by Crippen LogP contribution is 2.24. The minimum absolute atomic E-state index is 0.463. The number of fused-ring (bicyclic) bond motifs is 1. The van der Waals surface area contributed by atoms with Crippen molar-refractivity contribution >= 4 is 22.5 Å². The number of hydrogen-bond donors (Lipinski definition) is 3. The van der Waals surface area contributed by atoms with Gasteiger partial charge in [0.2, 0.25) is 0 Å². The van der Waals surface area contributed by atoms with E-state index in [4.69, 9.17) is 10.2 Å². The van der Waals surface area contributed by atoms with E-state index in [-0.39, 0.29) is 0 Å². The van der Waals surface area contributed by atoms with Gasteiger partial charge in [-0.25, -0.2) is 4.79 Å². The summed E-state index contributed by atoms with van der Waals surface area (Å²) in [5.41, 5.74) is 9.49. The van der Waals surface area contributed by atoms with E-state index < -0.39 is 5.76 Å². The first-order valence-electron chi connectivity index (χ1n) is 6.27. The maximum Gasteiger partial charge on any atom is 0.417 e. The van der Waals surface area contributed by atoms with Gasteiger partial charge in [-0.05, 0) is 24.1 Å². The highest BCUT2D eigenvalue weighted by Gasteiger charge is 2.06. The molecule has 0 unspecified atom stereocenters. The van der Waals surface area contributed by atoms with Crippen molar-refractivity contribution in [3.8, 4) is 0 Å². The highest BCUT2D eigenvalue weighted by atomic mass is 16.4. The van der Waals surface area contributed by atoms with Crippen LogP contribution in [0.1, 0.15) is 5.56 Å². The van der Waals surface area contributed by atoms with Gasteiger partial charge in [0, 0.05) is 25.0 Å². The molecule has 0 aliphatic carbocycles. The largest absolute Gasteiger partial charge is 0.417 e. The van der Waals surface area contributed by atoms with Crippen LogP contribution in [0.4, 0.5) is 11.4 Å². The molecule has 0 fully saturated rings. The maximum atomic E-state index is 11.1. The van der Waals surface area contributed by atoms with Crippen LogP contribution < -0.4 is 16.8 Å². The molecule has 2 aromatic heterocycles. The molecule has 0 radical (unpaired) electrons. The smallest absolute Gasteiger partial charge is 0.408 e. The molecule has 6 heteroatoms. The molecule has 1 aromatic carbocycles. The molecule has 0 aliphatic heterocycles. The number of nitrogens with one attached hydrogen (secondary N) is 2. The van der Waals surface area contributed by atoms with E-state index in [9.17, 15) is 4.79 Å². The quantitative estimate of drug-likeness (QED) is 0.627. The third-order valence-electron chi connectivity index (χ3n) is 3.04. The van der Waals surface area contributed by atoms with Gasteiger partial charge in [-0.2, -0.15) is 0 Å². The Morgan fingerprint density at radius 2 is 2.30 bits per heavy atom. The molecule has 3 rings (SSSR count). The van der Waals surface area contributed by atoms with Crippen LogP contribution in [0.25, 0.3) is 11.1 Å². The lowest BCUT2D eigenvalue weighted by Gasteiger charge is -2.09. The summed E-state index contributed by atoms with van der Waals surface area (Å²) < 4.78 is 4.95. The number of hydrogen-bond acceptors (Lipinski definition) is 5. The predicted octanol–water partition coefficient (Wildman–Crippen LogP) is 1.75. The van der Waals surface area contributed by atoms with Crippen LogP contribution in [0.5, 0.6) is 0 Å². The maximum absolute atomic E-state index is 11.1. The third kappa shape index (κ3) is 2.49. The summed E-state index contributed by atoms with van der Waals surface area (Å²) in [7, 11) is 0. The Hall–Kier alpha value is -2.76. The Labute approximate surface area is 114 Å². The normalized spacial score (nSPS) is 10.8. The lowest BCUT2D eigenvalue weighted by atomic mass is 10.2. The molecule has 0 amide bonds. The molecule has 0 saturated carbocycles. The number of H-pyrrole nitrogens is 1. The SMILES string of the molecule is Nc1cc2oc(=O)[nH]c2cc1NCCc1cccnc1. The number of nitrogens with two attached hydrogens (primary N) is 1. The fourth-order valence-corrected chi connectivity index (χ4v) is 2.05. The van der Waals surface area contributed by atoms with Crippen molar-refractivity contribution in [2.75, 3.05) is 17.6 Å². The number of pyridine rings is 1. The summed E-state index contributed by atoms with van der Waals surface area (Å²) in [6.07, 6.45) is 4.42. The molecule has 0 aliphatic rings. The van der Waals surface area contributed by atoms with E-state index in [1.54, 1.807) is 18.3 Å². The molecule has 0 atom stereocenters. The number of nitrogen functional groups attached to an aromatic ring is 1. The van der Waals surface area contributed by atoms with Gasteiger partial charge < -0.3 is 15.5 Å². The van der Waals surface area contributed by atoms with Crippen LogP contribution in [0, 0.1) is 0 Å². The minimum Gasteiger partial charge on any atom is -0.408 e. The Bertz CT molecular complexity index is 777. The lowest BCUT2D eigenvalue weighted by molar-refractivity contribution is 0.555. The standard InChI is InChI=1S/C14H14N4O2/c15-10-6-13-12(18-14(19)20-13)7-11(10)17-5-3-9-2-1-4-16-8-9/h1-2,4,6-8,17H,3,5,15H2,(H,18,19). The Morgan fingerprint density at radius 3 is 3.10 bits per heavy atom. The topological polar surface area (TPSA) is 96.9 Å². The molecule has 4 N–H and O–H groups in total. The predicted molar refractivity (Wildman–Crippen MR) is 77.7 cm³/mol. The van der Waals surface area contributed by atoms with Crippen molar-refractivity contribution in [1.82, 2.24) is 9.97 Å². The van der Waals surface area contributed by atoms with Crippen LogP contribution >= 0.6 is 0 Å². The van der Waals surface area contributed by atoms with Crippen LogP contribution in [-0.4, -0.2) is 16.5 Å². The van der Waals surface area contributed by atoms with E-state index in [2.05, 4.69) is 15.3 Å². The summed E-state index contributed by atoms with van der Waals surface area (Å²) in [4.78, 5) is 17.8. The number of anilines is 2. The fraction of sp³-hybridized carbons (Fsp3) is 0.143. The lowest BCUT2D eigenvalue weighted by Crippen LogP contribution is -2.07. The molecule has 102 valence electrons. The second-order valence-electron chi connectivity index (χ2n) is 4.49. The molecule has 0 bridgehead atoms. The van der Waals surface area contributed by atoms with E-state index >= 15 is 0 Å². The van der Waals surface area contributed by atoms with E-state index in [1.807, 2.05) is 18.3 Å². The monoisotopic (exact) mass is 270 g/mol. The first-order chi connectivity index (χ1) is 9.72. The van der Waals surface area contributed by atoms with Gasteiger partial charge in [0.25, 0.3) is 0 Å². The van der Waals surface area contributed by atoms with Crippen molar-refractivity contribution in [2.45, 2.75) is 6.42 Å². The second-order valence-corrected chi connectivity index (χ2v) is 4.49. The molecule has 6 nitrogen and oxygen atoms in total. The number of nitrogens with zero attached hydrogens (tertiary/aromatic N) is 1. The average molecular weight is 270 g/mol.